The van der Waals surface area contributed by atoms with Gasteiger partial charge in [0, 0.05) is 17.6 Å². The summed E-state index contributed by atoms with van der Waals surface area (Å²) in [6.07, 6.45) is -0.555. The topological polar surface area (TPSA) is 63.9 Å². The molecule has 0 fully saturated rings. The Balaban J connectivity index is 0.00000338. The number of carbonyl (C=O) groups is 1. The van der Waals surface area contributed by atoms with Gasteiger partial charge in [-0.05, 0) is 56.0 Å². The first-order valence-corrected chi connectivity index (χ1v) is 8.95. The number of aromatic nitrogens is 1. The molecule has 1 atom stereocenters. The third-order valence-electron chi connectivity index (χ3n) is 4.05. The minimum Gasteiger partial charge on any atom is -1.00 e. The number of ether oxygens (including phenoxy) is 2. The van der Waals surface area contributed by atoms with E-state index in [0.29, 0.717) is 31.0 Å². The van der Waals surface area contributed by atoms with Crippen LogP contribution in [0.3, 0.4) is 0 Å². The maximum atomic E-state index is 12.5. The van der Waals surface area contributed by atoms with Gasteiger partial charge in [0.1, 0.15) is 5.75 Å². The predicted octanol–water partition coefficient (Wildman–Crippen LogP) is -0.176. The number of hydrogen-bond acceptors (Lipinski definition) is 5. The highest BCUT2D eigenvalue weighted by atomic mass is 79.9. The molecule has 8 heteroatoms. The number of fused-ring (bicyclic) bond motifs is 1. The van der Waals surface area contributed by atoms with Crippen molar-refractivity contribution in [2.75, 3.05) is 34.4 Å². The molecule has 0 spiro atoms. The van der Waals surface area contributed by atoms with E-state index in [9.17, 15) is 9.90 Å². The van der Waals surface area contributed by atoms with Gasteiger partial charge < -0.3 is 36.5 Å². The van der Waals surface area contributed by atoms with E-state index in [1.54, 1.807) is 14.0 Å². The minimum absolute atomic E-state index is 0. The molecular formula is C18H25BrClN2O4-. The Hall–Kier alpha value is -1.28. The Morgan fingerprint density at radius 1 is 1.38 bits per heavy atom. The number of hydrogen-bond donors (Lipinski definition) is 1. The lowest BCUT2D eigenvalue weighted by molar-refractivity contribution is -0.0000263. The summed E-state index contributed by atoms with van der Waals surface area (Å²) in [6, 6.07) is 3.74. The molecule has 0 amide bonds. The molecule has 0 aliphatic carbocycles. The maximum Gasteiger partial charge on any atom is 0.340 e. The van der Waals surface area contributed by atoms with Gasteiger partial charge in [-0.15, -0.1) is 0 Å². The fourth-order valence-corrected chi connectivity index (χ4v) is 3.51. The molecule has 0 saturated carbocycles. The molecule has 0 saturated heterocycles. The second-order valence-electron chi connectivity index (χ2n) is 6.21. The first kappa shape index (κ1) is 22.8. The highest BCUT2D eigenvalue weighted by molar-refractivity contribution is 9.10. The molecule has 2 rings (SSSR count). The summed E-state index contributed by atoms with van der Waals surface area (Å²) in [5, 5.41) is 11.1. The van der Waals surface area contributed by atoms with Gasteiger partial charge in [0.15, 0.2) is 0 Å². The molecule has 0 radical (unpaired) electrons. The smallest absolute Gasteiger partial charge is 0.340 e. The van der Waals surface area contributed by atoms with Crippen LogP contribution in [0.15, 0.2) is 16.6 Å². The normalized spacial score (nSPS) is 12.2. The third-order valence-corrected chi connectivity index (χ3v) is 4.67. The molecule has 1 unspecified atom stereocenters. The predicted molar refractivity (Wildman–Crippen MR) is 101 cm³/mol. The summed E-state index contributed by atoms with van der Waals surface area (Å²) < 4.78 is 13.3. The zero-order valence-corrected chi connectivity index (χ0v) is 18.0. The molecule has 1 aromatic carbocycles. The third kappa shape index (κ3) is 4.71. The van der Waals surface area contributed by atoms with Crippen molar-refractivity contribution in [3.63, 3.8) is 0 Å². The van der Waals surface area contributed by atoms with Crippen molar-refractivity contribution < 1.29 is 31.8 Å². The number of rotatable bonds is 7. The van der Waals surface area contributed by atoms with Crippen LogP contribution in [0, 0.1) is 6.92 Å². The number of esters is 1. The Morgan fingerprint density at radius 2 is 2.04 bits per heavy atom. The van der Waals surface area contributed by atoms with Crippen molar-refractivity contribution in [2.45, 2.75) is 26.5 Å². The van der Waals surface area contributed by atoms with Crippen LogP contribution in [-0.4, -0.2) is 61.0 Å². The Morgan fingerprint density at radius 3 is 2.58 bits per heavy atom. The molecule has 1 aromatic heterocycles. The first-order chi connectivity index (χ1) is 11.8. The number of halogens is 2. The van der Waals surface area contributed by atoms with E-state index in [0.717, 1.165) is 21.1 Å². The molecule has 1 N–H and O–H groups in total. The zero-order chi connectivity index (χ0) is 18.7. The van der Waals surface area contributed by atoms with E-state index in [1.165, 1.54) is 0 Å². The van der Waals surface area contributed by atoms with Crippen LogP contribution in [0.4, 0.5) is 0 Å². The molecule has 146 valence electrons. The van der Waals surface area contributed by atoms with E-state index >= 15 is 0 Å². The van der Waals surface area contributed by atoms with Crippen LogP contribution >= 0.6 is 15.9 Å². The van der Waals surface area contributed by atoms with Crippen LogP contribution in [0.1, 0.15) is 23.0 Å². The number of aliphatic hydroxyl groups excluding tert-OH is 1. The number of benzene rings is 1. The quantitative estimate of drug-likeness (QED) is 0.596. The Bertz CT molecular complexity index is 776. The number of carbonyl (C=O) groups excluding carboxylic acids is 1. The molecule has 1 heterocycles. The van der Waals surface area contributed by atoms with Crippen LogP contribution in [0.2, 0.25) is 0 Å². The summed E-state index contributed by atoms with van der Waals surface area (Å²) in [5.74, 6) is 0.277. The number of methoxy groups -OCH3 is 1. The van der Waals surface area contributed by atoms with Gasteiger partial charge in [-0.25, -0.2) is 4.79 Å². The van der Waals surface area contributed by atoms with E-state index in [1.807, 2.05) is 42.6 Å². The van der Waals surface area contributed by atoms with Crippen molar-refractivity contribution in [3.05, 3.63) is 27.9 Å². The summed E-state index contributed by atoms with van der Waals surface area (Å²) in [4.78, 5) is 14.4. The average Bonchev–Trinajstić information content (AvgIpc) is 2.78. The standard InChI is InChI=1S/C18H25BrN2O4.ClH/c1-6-25-18(23)17-11(2)21(10-12(22)9-20(3)4)15-8-14(19)16(24-5)7-13(15)17;/h7-8,12,22H,6,9-10H2,1-5H3;1H/p-1. The van der Waals surface area contributed by atoms with E-state index < -0.39 is 6.10 Å². The van der Waals surface area contributed by atoms with Gasteiger partial charge >= 0.3 is 5.97 Å². The van der Waals surface area contributed by atoms with E-state index in [4.69, 9.17) is 9.47 Å². The molecule has 0 aliphatic heterocycles. The Labute approximate surface area is 168 Å². The summed E-state index contributed by atoms with van der Waals surface area (Å²) in [7, 11) is 5.41. The second-order valence-corrected chi connectivity index (χ2v) is 7.07. The monoisotopic (exact) mass is 447 g/mol. The molecule has 0 aliphatic rings. The highest BCUT2D eigenvalue weighted by Crippen LogP contribution is 2.35. The average molecular weight is 449 g/mol. The van der Waals surface area contributed by atoms with E-state index in [-0.39, 0.29) is 18.4 Å². The van der Waals surface area contributed by atoms with Crippen molar-refractivity contribution in [1.82, 2.24) is 9.47 Å². The van der Waals surface area contributed by atoms with Crippen LogP contribution in [0.25, 0.3) is 10.9 Å². The van der Waals surface area contributed by atoms with Crippen LogP contribution in [0.5, 0.6) is 5.75 Å². The fourth-order valence-electron chi connectivity index (χ4n) is 3.02. The maximum absolute atomic E-state index is 12.5. The van der Waals surface area contributed by atoms with Gasteiger partial charge in [-0.2, -0.15) is 0 Å². The highest BCUT2D eigenvalue weighted by Gasteiger charge is 2.23. The van der Waals surface area contributed by atoms with Gasteiger partial charge in [-0.3, -0.25) is 0 Å². The van der Waals surface area contributed by atoms with Crippen LogP contribution < -0.4 is 17.1 Å². The van der Waals surface area contributed by atoms with Gasteiger partial charge in [-0.1, -0.05) is 0 Å². The summed E-state index contributed by atoms with van der Waals surface area (Å²) in [6.45, 7) is 4.88. The van der Waals surface area contributed by atoms with Crippen molar-refractivity contribution in [2.24, 2.45) is 0 Å². The van der Waals surface area contributed by atoms with Gasteiger partial charge in [0.2, 0.25) is 0 Å². The van der Waals surface area contributed by atoms with Crippen molar-refractivity contribution in [3.8, 4) is 5.75 Å². The number of aliphatic hydroxyl groups is 1. The lowest BCUT2D eigenvalue weighted by Gasteiger charge is -2.18. The molecule has 6 nitrogen and oxygen atoms in total. The fraction of sp³-hybridized carbons (Fsp3) is 0.500. The van der Waals surface area contributed by atoms with Crippen molar-refractivity contribution in [1.29, 1.82) is 0 Å². The molecule has 0 bridgehead atoms. The lowest BCUT2D eigenvalue weighted by atomic mass is 10.1. The number of nitrogens with zero attached hydrogens (tertiary/aromatic N) is 2. The lowest BCUT2D eigenvalue weighted by Crippen LogP contribution is -3.00. The summed E-state index contributed by atoms with van der Waals surface area (Å²) in [5.41, 5.74) is 2.14. The summed E-state index contributed by atoms with van der Waals surface area (Å²) >= 11 is 3.49. The van der Waals surface area contributed by atoms with Gasteiger partial charge in [0.05, 0.1) is 41.9 Å². The first-order valence-electron chi connectivity index (χ1n) is 8.16. The molecule has 2 aromatic rings. The SMILES string of the molecule is CCOC(=O)c1c(C)n(CC(O)CN(C)C)c2cc(Br)c(OC)cc12.[Cl-]. The van der Waals surface area contributed by atoms with Crippen molar-refractivity contribution >= 4 is 32.8 Å². The molecule has 26 heavy (non-hydrogen) atoms. The van der Waals surface area contributed by atoms with E-state index in [2.05, 4.69) is 15.9 Å². The number of likely N-dealkylation sites (N-methyl/N-ethyl adjacent to an activating group) is 1. The minimum atomic E-state index is -0.555. The van der Waals surface area contributed by atoms with Crippen LogP contribution in [-0.2, 0) is 11.3 Å². The Kier molecular flexibility index (Phi) is 8.40. The zero-order valence-electron chi connectivity index (χ0n) is 15.7. The second kappa shape index (κ2) is 9.60. The largest absolute Gasteiger partial charge is 1.00 e. The molecular weight excluding hydrogens is 424 g/mol. The van der Waals surface area contributed by atoms with Gasteiger partial charge in [0.25, 0.3) is 0 Å².